The van der Waals surface area contributed by atoms with Crippen molar-refractivity contribution in [2.75, 3.05) is 11.4 Å². The van der Waals surface area contributed by atoms with Gasteiger partial charge in [0.2, 0.25) is 5.91 Å². The van der Waals surface area contributed by atoms with Crippen LogP contribution in [-0.4, -0.2) is 31.8 Å². The molecule has 0 bridgehead atoms. The van der Waals surface area contributed by atoms with Crippen molar-refractivity contribution in [1.82, 2.24) is 19.4 Å². The molecule has 0 unspecified atom stereocenters. The average Bonchev–Trinajstić information content (AvgIpc) is 3.31. The molecule has 0 aliphatic carbocycles. The van der Waals surface area contributed by atoms with Crippen LogP contribution < -0.4 is 4.90 Å². The van der Waals surface area contributed by atoms with Crippen molar-refractivity contribution >= 4 is 17.1 Å². The third-order valence-corrected chi connectivity index (χ3v) is 5.05. The number of fused-ring (bicyclic) bond motifs is 1. The highest BCUT2D eigenvalue weighted by Gasteiger charge is 2.46. The molecule has 0 N–H and O–H groups in total. The Balaban J connectivity index is 1.80. The largest absolute Gasteiger partial charge is 0.309 e. The summed E-state index contributed by atoms with van der Waals surface area (Å²) in [6.07, 6.45) is 8.43. The number of carbonyl (C=O) groups excluding carboxylic acids is 1. The molecule has 3 aromatic heterocycles. The van der Waals surface area contributed by atoms with Gasteiger partial charge in [-0.25, -0.2) is 4.52 Å². The van der Waals surface area contributed by atoms with E-state index in [4.69, 9.17) is 0 Å². The molecule has 4 heterocycles. The Labute approximate surface area is 145 Å². The van der Waals surface area contributed by atoms with E-state index in [1.54, 1.807) is 26.5 Å². The molecule has 7 nitrogen and oxygen atoms in total. The highest BCUT2D eigenvalue weighted by molar-refractivity contribution is 6.04. The molecule has 1 amide bonds. The summed E-state index contributed by atoms with van der Waals surface area (Å²) in [5.41, 5.74) is 2.72. The Morgan fingerprint density at radius 3 is 2.80 bits per heavy atom. The van der Waals surface area contributed by atoms with Crippen molar-refractivity contribution in [2.45, 2.75) is 19.8 Å². The smallest absolute Gasteiger partial charge is 0.247 e. The maximum Gasteiger partial charge on any atom is 0.247 e. The summed E-state index contributed by atoms with van der Waals surface area (Å²) in [4.78, 5) is 14.6. The van der Waals surface area contributed by atoms with Gasteiger partial charge in [-0.05, 0) is 25.0 Å². The molecule has 0 radical (unpaired) electrons. The van der Waals surface area contributed by atoms with E-state index in [0.717, 1.165) is 22.3 Å². The lowest BCUT2D eigenvalue weighted by molar-refractivity contribution is -0.123. The molecule has 0 spiro atoms. The summed E-state index contributed by atoms with van der Waals surface area (Å²) in [5.74, 6) is -0.116. The second-order valence-corrected chi connectivity index (χ2v) is 6.43. The van der Waals surface area contributed by atoms with Crippen molar-refractivity contribution in [2.24, 2.45) is 12.5 Å². The van der Waals surface area contributed by atoms with Gasteiger partial charge >= 0.3 is 0 Å². The number of aromatic nitrogens is 4. The van der Waals surface area contributed by atoms with Crippen LogP contribution in [0.5, 0.6) is 0 Å². The Bertz CT molecular complexity index is 1010. The lowest BCUT2D eigenvalue weighted by Gasteiger charge is -2.20. The predicted molar refractivity (Wildman–Crippen MR) is 92.7 cm³/mol. The summed E-state index contributed by atoms with van der Waals surface area (Å²) in [6, 6.07) is 6.08. The minimum Gasteiger partial charge on any atom is -0.309 e. The number of nitriles is 1. The quantitative estimate of drug-likeness (QED) is 0.737. The second kappa shape index (κ2) is 5.45. The van der Waals surface area contributed by atoms with E-state index in [9.17, 15) is 10.1 Å². The summed E-state index contributed by atoms with van der Waals surface area (Å²) in [6.45, 7) is 2.44. The van der Waals surface area contributed by atoms with E-state index in [2.05, 4.69) is 16.3 Å². The third-order valence-electron chi connectivity index (χ3n) is 5.05. The maximum atomic E-state index is 12.9. The lowest BCUT2D eigenvalue weighted by atomic mass is 9.85. The molecule has 1 saturated heterocycles. The first kappa shape index (κ1) is 15.4. The van der Waals surface area contributed by atoms with Crippen molar-refractivity contribution in [3.8, 4) is 17.2 Å². The number of nitrogens with zero attached hydrogens (tertiary/aromatic N) is 6. The SMILES string of the molecule is CC[C@]1(C#N)CCN(c2ccnn3cc(-c4cnn(C)c4)cc23)C1=O. The fraction of sp³-hybridized carbons (Fsp3) is 0.333. The first-order valence-corrected chi connectivity index (χ1v) is 8.27. The molecule has 1 aliphatic rings. The molecule has 126 valence electrons. The van der Waals surface area contributed by atoms with Crippen LogP contribution in [0.15, 0.2) is 36.9 Å². The molecule has 1 atom stereocenters. The summed E-state index contributed by atoms with van der Waals surface area (Å²) in [7, 11) is 1.87. The highest BCUT2D eigenvalue weighted by atomic mass is 16.2. The van der Waals surface area contributed by atoms with Gasteiger partial charge in [-0.1, -0.05) is 6.92 Å². The maximum absolute atomic E-state index is 12.9. The molecular formula is C18H18N6O. The molecule has 1 fully saturated rings. The zero-order valence-electron chi connectivity index (χ0n) is 14.2. The molecule has 1 aliphatic heterocycles. The third kappa shape index (κ3) is 2.22. The monoisotopic (exact) mass is 334 g/mol. The van der Waals surface area contributed by atoms with E-state index < -0.39 is 5.41 Å². The Kier molecular flexibility index (Phi) is 3.35. The van der Waals surface area contributed by atoms with Crippen LogP contribution in [0.4, 0.5) is 5.69 Å². The van der Waals surface area contributed by atoms with Crippen LogP contribution >= 0.6 is 0 Å². The number of amides is 1. The van der Waals surface area contributed by atoms with Crippen LogP contribution in [0.3, 0.4) is 0 Å². The number of rotatable bonds is 3. The van der Waals surface area contributed by atoms with Gasteiger partial charge < -0.3 is 4.90 Å². The van der Waals surface area contributed by atoms with Crippen molar-refractivity contribution in [3.05, 3.63) is 36.9 Å². The predicted octanol–water partition coefficient (Wildman–Crippen LogP) is 2.39. The minimum absolute atomic E-state index is 0.116. The van der Waals surface area contributed by atoms with Crippen LogP contribution in [0, 0.1) is 16.7 Å². The van der Waals surface area contributed by atoms with Crippen molar-refractivity contribution in [1.29, 1.82) is 5.26 Å². The van der Waals surface area contributed by atoms with E-state index in [1.807, 2.05) is 38.5 Å². The summed E-state index contributed by atoms with van der Waals surface area (Å²) in [5, 5.41) is 18.1. The first-order chi connectivity index (χ1) is 12.1. The minimum atomic E-state index is -0.904. The van der Waals surface area contributed by atoms with Gasteiger partial charge in [0.1, 0.15) is 5.41 Å². The molecular weight excluding hydrogens is 316 g/mol. The van der Waals surface area contributed by atoms with E-state index >= 15 is 0 Å². The van der Waals surface area contributed by atoms with Gasteiger partial charge in [0.15, 0.2) is 0 Å². The standard InChI is InChI=1S/C18H18N6O/c1-3-18(12-19)5-7-23(17(18)25)15-4-6-20-24-11-13(8-16(15)24)14-9-21-22(2)10-14/h4,6,8-11H,3,5,7H2,1-2H3/t18-/m1/s1. The molecule has 0 aromatic carbocycles. The molecule has 0 saturated carbocycles. The van der Waals surface area contributed by atoms with Gasteiger partial charge in [0.25, 0.3) is 0 Å². The summed E-state index contributed by atoms with van der Waals surface area (Å²) >= 11 is 0. The van der Waals surface area contributed by atoms with E-state index in [1.165, 1.54) is 0 Å². The van der Waals surface area contributed by atoms with Gasteiger partial charge in [0, 0.05) is 43.3 Å². The lowest BCUT2D eigenvalue weighted by Crippen LogP contribution is -2.33. The summed E-state index contributed by atoms with van der Waals surface area (Å²) < 4.78 is 3.52. The molecule has 3 aromatic rings. The number of hydrogen-bond acceptors (Lipinski definition) is 4. The normalized spacial score (nSPS) is 20.4. The van der Waals surface area contributed by atoms with E-state index in [0.29, 0.717) is 19.4 Å². The number of aryl methyl sites for hydroxylation is 1. The average molecular weight is 334 g/mol. The van der Waals surface area contributed by atoms with Gasteiger partial charge in [-0.3, -0.25) is 9.48 Å². The Morgan fingerprint density at radius 2 is 2.16 bits per heavy atom. The van der Waals surface area contributed by atoms with Crippen LogP contribution in [0.25, 0.3) is 16.6 Å². The Morgan fingerprint density at radius 1 is 1.32 bits per heavy atom. The molecule has 25 heavy (non-hydrogen) atoms. The Hall–Kier alpha value is -3.14. The fourth-order valence-electron chi connectivity index (χ4n) is 3.47. The number of carbonyl (C=O) groups is 1. The van der Waals surface area contributed by atoms with Crippen LogP contribution in [-0.2, 0) is 11.8 Å². The highest BCUT2D eigenvalue weighted by Crippen LogP contribution is 2.39. The van der Waals surface area contributed by atoms with Gasteiger partial charge in [-0.2, -0.15) is 15.5 Å². The molecule has 7 heteroatoms. The van der Waals surface area contributed by atoms with E-state index in [-0.39, 0.29) is 5.91 Å². The van der Waals surface area contributed by atoms with Gasteiger partial charge in [-0.15, -0.1) is 0 Å². The topological polar surface area (TPSA) is 79.2 Å². The van der Waals surface area contributed by atoms with Gasteiger partial charge in [0.05, 0.1) is 23.5 Å². The van der Waals surface area contributed by atoms with Crippen molar-refractivity contribution < 1.29 is 4.79 Å². The zero-order valence-corrected chi connectivity index (χ0v) is 14.2. The molecule has 4 rings (SSSR count). The second-order valence-electron chi connectivity index (χ2n) is 6.43. The first-order valence-electron chi connectivity index (χ1n) is 8.27. The number of anilines is 1. The zero-order chi connectivity index (χ0) is 17.6. The fourth-order valence-corrected chi connectivity index (χ4v) is 3.47. The van der Waals surface area contributed by atoms with Crippen molar-refractivity contribution in [3.63, 3.8) is 0 Å². The number of hydrogen-bond donors (Lipinski definition) is 0. The van der Waals surface area contributed by atoms with Crippen LogP contribution in [0.2, 0.25) is 0 Å². The van der Waals surface area contributed by atoms with Crippen LogP contribution in [0.1, 0.15) is 19.8 Å².